The van der Waals surface area contributed by atoms with Crippen molar-refractivity contribution in [3.05, 3.63) is 70.8 Å². The van der Waals surface area contributed by atoms with Crippen LogP contribution in [-0.2, 0) is 48.0 Å². The number of benzene rings is 2. The van der Waals surface area contributed by atoms with Crippen LogP contribution in [0.2, 0.25) is 0 Å². The largest absolute Gasteiger partial charge is 0.481 e. The molecule has 14 heteroatoms. The molecule has 1 saturated heterocycles. The molecule has 2 aromatic carbocycles. The maximum Gasteiger partial charge on any atom is 0.303 e. The first-order valence-electron chi connectivity index (χ1n) is 17.0. The van der Waals surface area contributed by atoms with Crippen LogP contribution in [0.5, 0.6) is 0 Å². The summed E-state index contributed by atoms with van der Waals surface area (Å²) in [7, 11) is -3.99. The monoisotopic (exact) mass is 696 g/mol. The van der Waals surface area contributed by atoms with Gasteiger partial charge in [0, 0.05) is 38.0 Å². The van der Waals surface area contributed by atoms with E-state index in [-0.39, 0.29) is 61.7 Å². The first kappa shape index (κ1) is 37.5. The minimum Gasteiger partial charge on any atom is -0.481 e. The van der Waals surface area contributed by atoms with Crippen LogP contribution in [0, 0.1) is 11.3 Å². The van der Waals surface area contributed by atoms with Gasteiger partial charge in [-0.05, 0) is 48.3 Å². The molecule has 0 bridgehead atoms. The van der Waals surface area contributed by atoms with Crippen molar-refractivity contribution in [2.24, 2.45) is 11.7 Å². The molecule has 0 spiro atoms. The fourth-order valence-corrected chi connectivity index (χ4v) is 7.90. The number of amides is 3. The zero-order valence-corrected chi connectivity index (χ0v) is 28.6. The number of carbonyl (C=O) groups excluding carboxylic acids is 3. The average molecular weight is 697 g/mol. The molecule has 1 saturated carbocycles. The van der Waals surface area contributed by atoms with Crippen molar-refractivity contribution in [1.82, 2.24) is 20.3 Å². The summed E-state index contributed by atoms with van der Waals surface area (Å²) < 4.78 is 29.8. The van der Waals surface area contributed by atoms with Crippen LogP contribution in [0.15, 0.2) is 48.5 Å². The molecule has 13 nitrogen and oxygen atoms in total. The number of hydrogen-bond donors (Lipinski definition) is 6. The van der Waals surface area contributed by atoms with E-state index in [2.05, 4.69) is 15.4 Å². The summed E-state index contributed by atoms with van der Waals surface area (Å²) >= 11 is 0. The van der Waals surface area contributed by atoms with Crippen molar-refractivity contribution in [3.63, 3.8) is 0 Å². The molecule has 0 radical (unpaired) electrons. The van der Waals surface area contributed by atoms with Crippen LogP contribution in [0.3, 0.4) is 0 Å². The number of amidine groups is 1. The fourth-order valence-electron chi connectivity index (χ4n) is 6.56. The molecule has 2 fully saturated rings. The number of sulfonamides is 1. The van der Waals surface area contributed by atoms with E-state index in [0.717, 1.165) is 37.7 Å². The summed E-state index contributed by atoms with van der Waals surface area (Å²) in [6, 6.07) is 12.1. The Labute approximate surface area is 288 Å². The number of carboxylic acid groups (broad SMARTS) is 1. The van der Waals surface area contributed by atoms with E-state index >= 15 is 0 Å². The van der Waals surface area contributed by atoms with Gasteiger partial charge in [-0.15, -0.1) is 0 Å². The van der Waals surface area contributed by atoms with Crippen molar-refractivity contribution in [3.8, 4) is 0 Å². The third-order valence-electron chi connectivity index (χ3n) is 9.12. The Kier molecular flexibility index (Phi) is 13.7. The maximum absolute atomic E-state index is 14.1. The lowest BCUT2D eigenvalue weighted by Gasteiger charge is -2.31. The highest BCUT2D eigenvalue weighted by Crippen LogP contribution is 2.29. The summed E-state index contributed by atoms with van der Waals surface area (Å²) in [6.07, 6.45) is 6.70. The lowest BCUT2D eigenvalue weighted by Crippen LogP contribution is -2.54. The van der Waals surface area contributed by atoms with Gasteiger partial charge in [-0.1, -0.05) is 80.6 Å². The SMILES string of the molecule is N=C(N)c1ccc(CNC(=O)[C@@H]2CCCN2C(=O)[C@@H](CC2CCCCC2)NS(=O)(=O)Cc2cccc(CNC(=O)CCCC(=O)O)c2)cc1. The third-order valence-corrected chi connectivity index (χ3v) is 10.5. The Morgan fingerprint density at radius 3 is 2.29 bits per heavy atom. The Morgan fingerprint density at radius 2 is 1.59 bits per heavy atom. The number of carbonyl (C=O) groups is 4. The van der Waals surface area contributed by atoms with Crippen LogP contribution in [0.4, 0.5) is 0 Å². The normalized spacial score (nSPS) is 17.3. The van der Waals surface area contributed by atoms with Gasteiger partial charge in [0.1, 0.15) is 17.9 Å². The van der Waals surface area contributed by atoms with Crippen molar-refractivity contribution in [2.75, 3.05) is 6.54 Å². The zero-order valence-electron chi connectivity index (χ0n) is 27.8. The number of likely N-dealkylation sites (tertiary alicyclic amines) is 1. The molecule has 0 aromatic heterocycles. The molecule has 1 aliphatic carbocycles. The molecule has 2 aliphatic rings. The minimum atomic E-state index is -3.99. The van der Waals surface area contributed by atoms with Gasteiger partial charge in [0.2, 0.25) is 27.7 Å². The molecule has 7 N–H and O–H groups in total. The van der Waals surface area contributed by atoms with E-state index in [4.69, 9.17) is 16.2 Å². The van der Waals surface area contributed by atoms with Crippen LogP contribution >= 0.6 is 0 Å². The number of nitrogens with one attached hydrogen (secondary N) is 4. The standard InChI is InChI=1S/C35H48N6O7S/c36-33(37)28-16-14-25(15-17-28)21-39-34(45)30-11-6-18-41(30)35(46)29(20-24-7-2-1-3-8-24)40-49(47,48)23-27-10-4-9-26(19-27)22-38-31(42)12-5-13-32(43)44/h4,9-10,14-17,19,24,29-30,40H,1-3,5-8,11-13,18,20-23H2,(H3,36,37)(H,38,42)(H,39,45)(H,43,44)/t29-,30+/m1/s1. The van der Waals surface area contributed by atoms with E-state index in [9.17, 15) is 27.6 Å². The summed E-state index contributed by atoms with van der Waals surface area (Å²) in [5.41, 5.74) is 8.10. The van der Waals surface area contributed by atoms with Crippen molar-refractivity contribution in [2.45, 2.75) is 102 Å². The van der Waals surface area contributed by atoms with Gasteiger partial charge in [0.05, 0.1) is 5.75 Å². The van der Waals surface area contributed by atoms with Gasteiger partial charge in [0.15, 0.2) is 0 Å². The maximum atomic E-state index is 14.1. The van der Waals surface area contributed by atoms with Gasteiger partial charge in [0.25, 0.3) is 0 Å². The van der Waals surface area contributed by atoms with Crippen LogP contribution < -0.4 is 21.1 Å². The zero-order chi connectivity index (χ0) is 35.4. The molecule has 3 amide bonds. The molecule has 2 aromatic rings. The average Bonchev–Trinajstić information content (AvgIpc) is 3.56. The van der Waals surface area contributed by atoms with Crippen LogP contribution in [0.25, 0.3) is 0 Å². The number of nitrogens with two attached hydrogens (primary N) is 1. The van der Waals surface area contributed by atoms with Gasteiger partial charge in [-0.25, -0.2) is 13.1 Å². The number of nitrogens with zero attached hydrogens (tertiary/aromatic N) is 1. The second kappa shape index (κ2) is 17.9. The smallest absolute Gasteiger partial charge is 0.303 e. The summed E-state index contributed by atoms with van der Waals surface area (Å²) in [5.74, 6) is -2.16. The van der Waals surface area contributed by atoms with Crippen LogP contribution in [-0.4, -0.2) is 66.6 Å². The fraction of sp³-hybridized carbons (Fsp3) is 0.514. The third kappa shape index (κ3) is 12.0. The summed E-state index contributed by atoms with van der Waals surface area (Å²) in [5, 5.41) is 21.9. The molecular weight excluding hydrogens is 648 g/mol. The second-order valence-corrected chi connectivity index (χ2v) is 14.8. The highest BCUT2D eigenvalue weighted by Gasteiger charge is 2.39. The van der Waals surface area contributed by atoms with Gasteiger partial charge < -0.3 is 26.4 Å². The number of rotatable bonds is 17. The molecule has 0 unspecified atom stereocenters. The Morgan fingerprint density at radius 1 is 0.898 bits per heavy atom. The van der Waals surface area contributed by atoms with E-state index in [1.165, 1.54) is 4.90 Å². The number of hydrogen-bond acceptors (Lipinski definition) is 7. The quantitative estimate of drug-likeness (QED) is 0.107. The number of carboxylic acids is 1. The minimum absolute atomic E-state index is 0.0455. The predicted octanol–water partition coefficient (Wildman–Crippen LogP) is 2.91. The van der Waals surface area contributed by atoms with Gasteiger partial charge in [-0.3, -0.25) is 24.6 Å². The molecule has 2 atom stereocenters. The Bertz CT molecular complexity index is 1590. The molecule has 1 aliphatic heterocycles. The van der Waals surface area contributed by atoms with E-state index in [1.807, 2.05) is 0 Å². The van der Waals surface area contributed by atoms with E-state index < -0.39 is 34.0 Å². The highest BCUT2D eigenvalue weighted by atomic mass is 32.2. The van der Waals surface area contributed by atoms with Crippen molar-refractivity contribution < 1.29 is 32.7 Å². The highest BCUT2D eigenvalue weighted by molar-refractivity contribution is 7.88. The molecule has 4 rings (SSSR count). The first-order chi connectivity index (χ1) is 23.4. The summed E-state index contributed by atoms with van der Waals surface area (Å²) in [4.78, 5) is 51.7. The van der Waals surface area contributed by atoms with Crippen LogP contribution in [0.1, 0.15) is 92.9 Å². The molecule has 49 heavy (non-hydrogen) atoms. The van der Waals surface area contributed by atoms with E-state index in [0.29, 0.717) is 42.5 Å². The van der Waals surface area contributed by atoms with Crippen molar-refractivity contribution in [1.29, 1.82) is 5.41 Å². The number of aliphatic carboxylic acids is 1. The molecule has 266 valence electrons. The lowest BCUT2D eigenvalue weighted by molar-refractivity contribution is -0.140. The Hall–Kier alpha value is -4.30. The Balaban J connectivity index is 1.40. The lowest BCUT2D eigenvalue weighted by atomic mass is 9.84. The first-order valence-corrected chi connectivity index (χ1v) is 18.6. The van der Waals surface area contributed by atoms with Gasteiger partial charge in [-0.2, -0.15) is 0 Å². The van der Waals surface area contributed by atoms with Gasteiger partial charge >= 0.3 is 5.97 Å². The topological polar surface area (TPSA) is 212 Å². The molecule has 1 heterocycles. The number of nitrogen functional groups attached to an aromatic ring is 1. The van der Waals surface area contributed by atoms with Crippen molar-refractivity contribution >= 4 is 39.5 Å². The van der Waals surface area contributed by atoms with E-state index in [1.54, 1.807) is 48.5 Å². The molecular formula is C35H48N6O7S. The second-order valence-electron chi connectivity index (χ2n) is 13.0. The summed E-state index contributed by atoms with van der Waals surface area (Å²) in [6.45, 7) is 0.760. The predicted molar refractivity (Wildman–Crippen MR) is 185 cm³/mol.